The van der Waals surface area contributed by atoms with Crippen LogP contribution in [0.1, 0.15) is 113 Å². The van der Waals surface area contributed by atoms with Crippen molar-refractivity contribution < 1.29 is 9.53 Å². The number of primary amides is 1. The number of nitrogens with two attached hydrogens (primary N) is 1. The molecule has 4 bridgehead atoms. The highest BCUT2D eigenvalue weighted by Gasteiger charge is 2.52. The summed E-state index contributed by atoms with van der Waals surface area (Å²) in [5.41, 5.74) is 7.79. The zero-order chi connectivity index (χ0) is 21.0. The summed E-state index contributed by atoms with van der Waals surface area (Å²) in [6.45, 7) is 3.05. The molecule has 0 unspecified atom stereocenters. The summed E-state index contributed by atoms with van der Waals surface area (Å²) < 4.78 is 6.35. The Morgan fingerprint density at radius 3 is 2.07 bits per heavy atom. The van der Waals surface area contributed by atoms with Gasteiger partial charge in [0.2, 0.25) is 5.91 Å². The lowest BCUT2D eigenvalue weighted by Crippen LogP contribution is -2.48. The molecule has 3 heteroatoms. The van der Waals surface area contributed by atoms with Gasteiger partial charge in [0.15, 0.2) is 0 Å². The summed E-state index contributed by atoms with van der Waals surface area (Å²) in [5, 5.41) is 0. The van der Waals surface area contributed by atoms with Gasteiger partial charge in [0.05, 0.1) is 6.61 Å². The summed E-state index contributed by atoms with van der Waals surface area (Å²) >= 11 is 0. The number of hydrogen-bond acceptors (Lipinski definition) is 2. The van der Waals surface area contributed by atoms with Gasteiger partial charge in [-0.15, -0.1) is 0 Å². The molecule has 30 heavy (non-hydrogen) atoms. The Morgan fingerprint density at radius 2 is 1.50 bits per heavy atom. The Morgan fingerprint density at radius 1 is 0.933 bits per heavy atom. The second kappa shape index (κ2) is 9.75. The number of unbranched alkanes of at least 4 members (excludes halogenated alkanes) is 7. The Hall–Kier alpha value is -1.51. The Labute approximate surface area is 183 Å². The first-order valence-corrected chi connectivity index (χ1v) is 12.7. The van der Waals surface area contributed by atoms with E-state index in [1.807, 2.05) is 12.1 Å². The highest BCUT2D eigenvalue weighted by Crippen LogP contribution is 2.61. The van der Waals surface area contributed by atoms with Gasteiger partial charge in [-0.05, 0) is 86.3 Å². The van der Waals surface area contributed by atoms with Crippen molar-refractivity contribution in [2.75, 3.05) is 6.61 Å². The van der Waals surface area contributed by atoms with Crippen LogP contribution in [0.4, 0.5) is 0 Å². The fraction of sp³-hybridized carbons (Fsp3) is 0.741. The first-order chi connectivity index (χ1) is 14.6. The van der Waals surface area contributed by atoms with Crippen LogP contribution in [0.3, 0.4) is 0 Å². The summed E-state index contributed by atoms with van der Waals surface area (Å²) in [7, 11) is 0. The molecule has 0 spiro atoms. The molecule has 1 aromatic rings. The Balaban J connectivity index is 1.38. The summed E-state index contributed by atoms with van der Waals surface area (Å²) in [5.74, 6) is 3.30. The van der Waals surface area contributed by atoms with Crippen molar-refractivity contribution in [1.29, 1.82) is 0 Å². The molecule has 166 valence electrons. The van der Waals surface area contributed by atoms with Gasteiger partial charge in [0.1, 0.15) is 5.75 Å². The summed E-state index contributed by atoms with van der Waals surface area (Å²) in [6.07, 6.45) is 18.6. The van der Waals surface area contributed by atoms with E-state index in [9.17, 15) is 4.79 Å². The van der Waals surface area contributed by atoms with Crippen LogP contribution in [-0.4, -0.2) is 12.5 Å². The normalized spacial score (nSPS) is 29.3. The maximum absolute atomic E-state index is 11.9. The van der Waals surface area contributed by atoms with Gasteiger partial charge in [-0.2, -0.15) is 0 Å². The van der Waals surface area contributed by atoms with Crippen molar-refractivity contribution in [1.82, 2.24) is 0 Å². The molecular weight excluding hydrogens is 370 g/mol. The molecule has 4 aliphatic rings. The molecule has 0 aromatic heterocycles. The van der Waals surface area contributed by atoms with E-state index in [0.717, 1.165) is 36.5 Å². The lowest BCUT2D eigenvalue weighted by molar-refractivity contribution is -0.00641. The van der Waals surface area contributed by atoms with Crippen molar-refractivity contribution in [3.05, 3.63) is 29.3 Å². The molecule has 2 N–H and O–H groups in total. The van der Waals surface area contributed by atoms with Crippen molar-refractivity contribution in [2.45, 2.75) is 102 Å². The average molecular weight is 412 g/mol. The minimum absolute atomic E-state index is 0.217. The number of hydrogen-bond donors (Lipinski definition) is 1. The van der Waals surface area contributed by atoms with Crippen molar-refractivity contribution >= 4 is 5.91 Å². The third kappa shape index (κ3) is 4.86. The number of carbonyl (C=O) groups excluding carboxylic acids is 1. The highest BCUT2D eigenvalue weighted by atomic mass is 16.5. The second-order valence-corrected chi connectivity index (χ2v) is 10.6. The monoisotopic (exact) mass is 411 g/mol. The topological polar surface area (TPSA) is 52.3 Å². The zero-order valence-corrected chi connectivity index (χ0v) is 19.0. The van der Waals surface area contributed by atoms with Crippen LogP contribution in [0.2, 0.25) is 0 Å². The fourth-order valence-electron chi connectivity index (χ4n) is 7.08. The molecule has 0 saturated heterocycles. The Bertz CT molecular complexity index is 690. The molecule has 3 nitrogen and oxygen atoms in total. The molecule has 1 aromatic carbocycles. The number of amides is 1. The maximum Gasteiger partial charge on any atom is 0.248 e. The minimum atomic E-state index is -0.324. The SMILES string of the molecule is CCCCCCCCCCOc1ccc(C(N)=O)cc1C12CC3CC(CC(C3)C1)C2. The van der Waals surface area contributed by atoms with E-state index in [1.54, 1.807) is 0 Å². The maximum atomic E-state index is 11.9. The number of rotatable bonds is 12. The number of carbonyl (C=O) groups is 1. The fourth-order valence-corrected chi connectivity index (χ4v) is 7.08. The number of ether oxygens (including phenoxy) is 1. The predicted molar refractivity (Wildman–Crippen MR) is 123 cm³/mol. The molecule has 0 atom stereocenters. The van der Waals surface area contributed by atoms with Gasteiger partial charge in [-0.3, -0.25) is 4.79 Å². The molecule has 5 rings (SSSR count). The van der Waals surface area contributed by atoms with Crippen LogP contribution < -0.4 is 10.5 Å². The first-order valence-electron chi connectivity index (χ1n) is 12.7. The van der Waals surface area contributed by atoms with E-state index in [2.05, 4.69) is 13.0 Å². The third-order valence-electron chi connectivity index (χ3n) is 8.13. The molecule has 0 radical (unpaired) electrons. The van der Waals surface area contributed by atoms with Crippen LogP contribution in [0.25, 0.3) is 0 Å². The van der Waals surface area contributed by atoms with Crippen LogP contribution in [0, 0.1) is 17.8 Å². The second-order valence-electron chi connectivity index (χ2n) is 10.6. The first kappa shape index (κ1) is 21.7. The summed E-state index contributed by atoms with van der Waals surface area (Å²) in [6, 6.07) is 5.96. The van der Waals surface area contributed by atoms with E-state index >= 15 is 0 Å². The van der Waals surface area contributed by atoms with Crippen LogP contribution in [-0.2, 0) is 5.41 Å². The molecular formula is C27H41NO2. The van der Waals surface area contributed by atoms with Crippen molar-refractivity contribution in [3.8, 4) is 5.75 Å². The largest absolute Gasteiger partial charge is 0.493 e. The van der Waals surface area contributed by atoms with Gasteiger partial charge in [0, 0.05) is 11.1 Å². The standard InChI is InChI=1S/C27H41NO2/c1-2-3-4-5-6-7-8-9-12-30-25-11-10-23(26(28)29)16-24(25)27-17-20-13-21(18-27)15-22(14-20)19-27/h10-11,16,20-22H,2-9,12-15,17-19H2,1H3,(H2,28,29). The van der Waals surface area contributed by atoms with Gasteiger partial charge < -0.3 is 10.5 Å². The zero-order valence-electron chi connectivity index (χ0n) is 19.0. The van der Waals surface area contributed by atoms with Gasteiger partial charge in [-0.1, -0.05) is 51.9 Å². The van der Waals surface area contributed by atoms with E-state index in [1.165, 1.54) is 89.0 Å². The van der Waals surface area contributed by atoms with Crippen LogP contribution >= 0.6 is 0 Å². The van der Waals surface area contributed by atoms with Gasteiger partial charge in [0.25, 0.3) is 0 Å². The Kier molecular flexibility index (Phi) is 7.05. The molecule has 1 amide bonds. The predicted octanol–water partition coefficient (Wildman–Crippen LogP) is 6.77. The van der Waals surface area contributed by atoms with E-state index in [-0.39, 0.29) is 11.3 Å². The lowest BCUT2D eigenvalue weighted by atomic mass is 9.48. The van der Waals surface area contributed by atoms with Crippen LogP contribution in [0.5, 0.6) is 5.75 Å². The highest BCUT2D eigenvalue weighted by molar-refractivity contribution is 5.93. The van der Waals surface area contributed by atoms with Crippen LogP contribution in [0.15, 0.2) is 18.2 Å². The third-order valence-corrected chi connectivity index (χ3v) is 8.13. The molecule has 0 aliphatic heterocycles. The van der Waals surface area contributed by atoms with E-state index in [0.29, 0.717) is 5.56 Å². The molecule has 0 heterocycles. The molecule has 4 aliphatic carbocycles. The lowest BCUT2D eigenvalue weighted by Gasteiger charge is -2.57. The van der Waals surface area contributed by atoms with Crippen molar-refractivity contribution in [3.63, 3.8) is 0 Å². The number of benzene rings is 1. The molecule has 4 saturated carbocycles. The quantitative estimate of drug-likeness (QED) is 0.386. The van der Waals surface area contributed by atoms with Crippen molar-refractivity contribution in [2.24, 2.45) is 23.5 Å². The minimum Gasteiger partial charge on any atom is -0.493 e. The molecule has 4 fully saturated rings. The van der Waals surface area contributed by atoms with E-state index < -0.39 is 0 Å². The van der Waals surface area contributed by atoms with E-state index in [4.69, 9.17) is 10.5 Å². The van der Waals surface area contributed by atoms with Gasteiger partial charge >= 0.3 is 0 Å². The average Bonchev–Trinajstić information content (AvgIpc) is 2.71. The summed E-state index contributed by atoms with van der Waals surface area (Å²) in [4.78, 5) is 11.9. The smallest absolute Gasteiger partial charge is 0.248 e. The van der Waals surface area contributed by atoms with Gasteiger partial charge in [-0.25, -0.2) is 0 Å².